The number of halogens is 2. The number of carbonyl (C=O) groups is 9. The number of aliphatic hydroxyl groups is 3. The number of nitrogens with one attached hydrogen (secondary N) is 2. The number of cyclic esters (lactones) is 1. The fourth-order valence-corrected chi connectivity index (χ4v) is 14.4. The zero-order valence-electron chi connectivity index (χ0n) is 53.5. The Labute approximate surface area is 548 Å². The van der Waals surface area contributed by atoms with E-state index in [4.69, 9.17) is 18.9 Å². The van der Waals surface area contributed by atoms with Gasteiger partial charge in [-0.3, -0.25) is 33.6 Å². The van der Waals surface area contributed by atoms with Gasteiger partial charge in [-0.05, 0) is 191 Å². The Balaban J connectivity index is 1.45. The molecular formula is C67H97I2N3O16. The van der Waals surface area contributed by atoms with Gasteiger partial charge in [-0.25, -0.2) is 9.59 Å². The highest BCUT2D eigenvalue weighted by Crippen LogP contribution is 2.39. The van der Waals surface area contributed by atoms with Crippen molar-refractivity contribution < 1.29 is 77.4 Å². The van der Waals surface area contributed by atoms with Crippen LogP contribution < -0.4 is 10.6 Å². The van der Waals surface area contributed by atoms with Gasteiger partial charge in [-0.15, -0.1) is 0 Å². The molecule has 5 N–H and O–H groups in total. The van der Waals surface area contributed by atoms with E-state index in [1.165, 1.54) is 27.9 Å². The van der Waals surface area contributed by atoms with Crippen LogP contribution in [0.15, 0.2) is 47.6 Å². The number of unbranched alkanes of at least 4 members (excludes halogenated alkanes) is 2. The molecule has 0 bridgehead atoms. The van der Waals surface area contributed by atoms with Crippen molar-refractivity contribution >= 4 is 110 Å². The van der Waals surface area contributed by atoms with E-state index < -0.39 is 77.4 Å². The molecule has 1 aliphatic carbocycles. The lowest BCUT2D eigenvalue weighted by Gasteiger charge is -2.37. The maximum atomic E-state index is 14.5. The monoisotopic (exact) mass is 1450 g/mol. The van der Waals surface area contributed by atoms with E-state index >= 15 is 0 Å². The second-order valence-corrected chi connectivity index (χ2v) is 27.0. The lowest BCUT2D eigenvalue weighted by atomic mass is 9.79. The summed E-state index contributed by atoms with van der Waals surface area (Å²) in [4.78, 5) is 122. The summed E-state index contributed by atoms with van der Waals surface area (Å²) in [5, 5.41) is 39.5. The molecule has 9 atom stereocenters. The summed E-state index contributed by atoms with van der Waals surface area (Å²) in [5.41, 5.74) is 3.14. The Morgan fingerprint density at radius 3 is 2.08 bits per heavy atom. The number of carbonyl (C=O) groups excluding carboxylic acids is 9. The lowest BCUT2D eigenvalue weighted by molar-refractivity contribution is -0.205. The van der Waals surface area contributed by atoms with Crippen molar-refractivity contribution in [3.63, 3.8) is 0 Å². The van der Waals surface area contributed by atoms with E-state index in [-0.39, 0.29) is 91.7 Å². The normalized spacial score (nSPS) is 28.6. The van der Waals surface area contributed by atoms with Crippen molar-refractivity contribution in [2.24, 2.45) is 35.5 Å². The summed E-state index contributed by atoms with van der Waals surface area (Å²) in [5.74, 6) is -11.1. The van der Waals surface area contributed by atoms with Gasteiger partial charge >= 0.3 is 17.9 Å². The van der Waals surface area contributed by atoms with E-state index in [9.17, 15) is 58.5 Å². The number of allylic oxidation sites excluding steroid dienone is 7. The van der Waals surface area contributed by atoms with Crippen molar-refractivity contribution in [1.29, 1.82) is 0 Å². The Morgan fingerprint density at radius 2 is 1.45 bits per heavy atom. The van der Waals surface area contributed by atoms with E-state index in [0.29, 0.717) is 107 Å². The number of hydrogen-bond acceptors (Lipinski definition) is 16. The van der Waals surface area contributed by atoms with Gasteiger partial charge in [0.2, 0.25) is 17.6 Å². The quantitative estimate of drug-likeness (QED) is 0.0220. The predicted octanol–water partition coefficient (Wildman–Crippen LogP) is 11.3. The highest BCUT2D eigenvalue weighted by molar-refractivity contribution is 14.1. The van der Waals surface area contributed by atoms with E-state index in [2.05, 4.69) is 10.6 Å². The van der Waals surface area contributed by atoms with Gasteiger partial charge in [-0.1, -0.05) is 89.5 Å². The zero-order chi connectivity index (χ0) is 65.6. The van der Waals surface area contributed by atoms with Gasteiger partial charge in [0.25, 0.3) is 11.7 Å². The number of fused-ring (bicyclic) bond motifs is 1. The summed E-state index contributed by atoms with van der Waals surface area (Å²) in [6, 6.07) is -1.23. The van der Waals surface area contributed by atoms with Gasteiger partial charge in [0.05, 0.1) is 30.7 Å². The number of Topliss-reactive ketones (excluding diaryl/α,β-unsaturated/α-hetero) is 3. The number of piperidine rings is 1. The van der Waals surface area contributed by atoms with Crippen LogP contribution in [0.4, 0.5) is 11.4 Å². The molecule has 21 heteroatoms. The van der Waals surface area contributed by atoms with Crippen molar-refractivity contribution in [2.45, 2.75) is 227 Å². The highest BCUT2D eigenvalue weighted by Gasteiger charge is 2.48. The molecule has 1 aromatic rings. The molecule has 2 fully saturated rings. The fourth-order valence-electron chi connectivity index (χ4n) is 11.8. The van der Waals surface area contributed by atoms with Crippen LogP contribution in [0.1, 0.15) is 200 Å². The predicted molar refractivity (Wildman–Crippen MR) is 353 cm³/mol. The Kier molecular flexibility index (Phi) is 31.8. The number of hydrogen-bond donors (Lipinski definition) is 5. The van der Waals surface area contributed by atoms with Crippen LogP contribution in [0.25, 0.3) is 0 Å². The number of ether oxygens (including phenoxy) is 4. The van der Waals surface area contributed by atoms with Crippen LogP contribution in [0.5, 0.6) is 0 Å². The second-order valence-electron chi connectivity index (χ2n) is 24.8. The molecule has 1 saturated carbocycles. The number of esters is 3. The summed E-state index contributed by atoms with van der Waals surface area (Å²) in [6.45, 7) is 17.1. The number of anilines is 2. The molecule has 1 saturated heterocycles. The van der Waals surface area contributed by atoms with Gasteiger partial charge in [-0.2, -0.15) is 0 Å². The average molecular weight is 1450 g/mol. The van der Waals surface area contributed by atoms with Crippen LogP contribution in [0.2, 0.25) is 0 Å². The Bertz CT molecular complexity index is 2700. The van der Waals surface area contributed by atoms with Crippen LogP contribution in [0, 0.1) is 49.6 Å². The molecule has 3 aliphatic rings. The first-order valence-electron chi connectivity index (χ1n) is 31.4. The Morgan fingerprint density at radius 1 is 0.818 bits per heavy atom. The van der Waals surface area contributed by atoms with E-state index in [1.54, 1.807) is 26.8 Å². The smallest absolute Gasteiger partial charge is 0.340 e. The number of benzene rings is 1. The minimum Gasteiger partial charge on any atom is -0.462 e. The number of ketones is 3. The third-order valence-electron chi connectivity index (χ3n) is 17.3. The second kappa shape index (κ2) is 37.0. The minimum atomic E-state index is -2.98. The Hall–Kier alpha value is -4.69. The van der Waals surface area contributed by atoms with Gasteiger partial charge in [0.1, 0.15) is 36.2 Å². The van der Waals surface area contributed by atoms with E-state index in [1.807, 2.05) is 103 Å². The van der Waals surface area contributed by atoms with Gasteiger partial charge in [0, 0.05) is 58.1 Å². The lowest BCUT2D eigenvalue weighted by Crippen LogP contribution is -2.57. The molecule has 3 amide bonds. The van der Waals surface area contributed by atoms with Crippen molar-refractivity contribution in [3.8, 4) is 0 Å². The summed E-state index contributed by atoms with van der Waals surface area (Å²) in [6.07, 6.45) is 17.1. The van der Waals surface area contributed by atoms with Gasteiger partial charge in [0.15, 0.2) is 5.78 Å². The first-order chi connectivity index (χ1) is 41.5. The number of rotatable bonds is 14. The molecule has 0 radical (unpaired) electrons. The summed E-state index contributed by atoms with van der Waals surface area (Å²) < 4.78 is 24.4. The molecule has 4 rings (SSSR count). The first-order valence-corrected chi connectivity index (χ1v) is 33.6. The molecule has 490 valence electrons. The summed E-state index contributed by atoms with van der Waals surface area (Å²) in [7, 11) is 1.36. The van der Waals surface area contributed by atoms with Crippen LogP contribution >= 0.6 is 45.2 Å². The third kappa shape index (κ3) is 22.9. The van der Waals surface area contributed by atoms with Crippen LogP contribution in [-0.4, -0.2) is 130 Å². The maximum Gasteiger partial charge on any atom is 0.340 e. The molecule has 0 spiro atoms. The number of aliphatic hydroxyl groups excluding tert-OH is 1. The molecule has 0 aromatic heterocycles. The molecule has 0 unspecified atom stereocenters. The third-order valence-corrected chi connectivity index (χ3v) is 19.5. The largest absolute Gasteiger partial charge is 0.462 e. The standard InChI is InChI=1S/C67H97I2N3O16/c1-39-23-15-12-17-25-40(2)35-43(5)60(77)62(85-11)61(78)44(6)36-41(3)52(75)38-53(88-65(81)51-27-20-21-33-72(51)64(80)63(79)67(83,84)45(7)26-18-13-16-24-39)42(4)37-49-29-31-50(32-30-49)87-54(76)28-19-14-22-34-86-66(82)55-56(68)58(70-47(9)73)46(8)59(57(55)69)71-48(10)74/h12,15,17,23,25,36,40-43,45,49-51,53,61-62,78,83-84H,13-14,16,18-22,24,26-35,37-38H2,1-11H3,(H,70,73)(H,71,74)/b15-12+,25-17+,39-23+,44-36+/t40-,41-,42-,43-,45-,49?,50?,51+,53+,61-,62+/m1/s1. The van der Waals surface area contributed by atoms with Crippen molar-refractivity contribution in [3.05, 3.63) is 65.9 Å². The fraction of sp³-hybridized carbons (Fsp3) is 0.657. The number of nitrogens with zero attached hydrogens (tertiary/aromatic N) is 1. The SMILES string of the molecule is CO[C@H]1C(=O)[C@H](C)C[C@H](C)/C=C/C=C/C=C(\C)CCCCC[C@@H](C)C(O)(O)C(=O)C(=O)N2CCCC[C@H]2C(=O)O[C@H]([C@H](C)CC2CCC(OC(=O)CCCCCOC(=O)c3c(I)c(NC(C)=O)c(C)c(NC(C)=O)c3I)CC2)CC(=O)[C@H](C)/C=C(\C)[C@H]1O. The molecular weight excluding hydrogens is 1360 g/mol. The highest BCUT2D eigenvalue weighted by atomic mass is 127. The molecule has 2 heterocycles. The van der Waals surface area contributed by atoms with Crippen LogP contribution in [-0.2, 0) is 57.3 Å². The molecule has 1 aromatic carbocycles. The van der Waals surface area contributed by atoms with Crippen molar-refractivity contribution in [1.82, 2.24) is 4.90 Å². The number of methoxy groups -OCH3 is 1. The minimum absolute atomic E-state index is 0.00633. The summed E-state index contributed by atoms with van der Waals surface area (Å²) >= 11 is 3.97. The number of amides is 3. The first kappa shape index (κ1) is 75.8. The topological polar surface area (TPSA) is 279 Å². The van der Waals surface area contributed by atoms with Crippen LogP contribution in [0.3, 0.4) is 0 Å². The molecule has 19 nitrogen and oxygen atoms in total. The van der Waals surface area contributed by atoms with E-state index in [0.717, 1.165) is 29.7 Å². The average Bonchev–Trinajstić information content (AvgIpc) is 1.29. The zero-order valence-corrected chi connectivity index (χ0v) is 57.8. The van der Waals surface area contributed by atoms with Gasteiger partial charge < -0.3 is 49.8 Å². The molecule has 88 heavy (non-hydrogen) atoms. The molecule has 2 aliphatic heterocycles. The maximum absolute atomic E-state index is 14.5. The van der Waals surface area contributed by atoms with Crippen molar-refractivity contribution in [2.75, 3.05) is 30.9 Å².